The second-order valence-corrected chi connectivity index (χ2v) is 5.46. The molecule has 1 heterocycles. The number of amides is 3. The fourth-order valence-electron chi connectivity index (χ4n) is 1.74. The first-order chi connectivity index (χ1) is 10.7. The van der Waals surface area contributed by atoms with Gasteiger partial charge in [-0.1, -0.05) is 11.6 Å². The molecule has 1 aromatic rings. The van der Waals surface area contributed by atoms with Crippen LogP contribution in [-0.2, 0) is 9.59 Å². The lowest BCUT2D eigenvalue weighted by Gasteiger charge is -2.28. The molecule has 0 radical (unpaired) electrons. The number of carbonyl (C=O) groups is 3. The Hall–Kier alpha value is -2.39. The molecule has 0 saturated heterocycles. The van der Waals surface area contributed by atoms with E-state index in [2.05, 4.69) is 15.7 Å². The van der Waals surface area contributed by atoms with Gasteiger partial charge in [0.15, 0.2) is 0 Å². The molecule has 3 amide bonds. The maximum Gasteiger partial charge on any atom is 0.426 e. The van der Waals surface area contributed by atoms with Gasteiger partial charge < -0.3 is 15.3 Å². The molecule has 10 heteroatoms. The van der Waals surface area contributed by atoms with E-state index in [9.17, 15) is 14.4 Å². The van der Waals surface area contributed by atoms with Crippen molar-refractivity contribution in [3.05, 3.63) is 23.4 Å². The largest absolute Gasteiger partial charge is 0.464 e. The molecule has 0 aromatic carbocycles. The number of rotatable bonds is 4. The highest BCUT2D eigenvalue weighted by Gasteiger charge is 2.25. The smallest absolute Gasteiger partial charge is 0.426 e. The van der Waals surface area contributed by atoms with Crippen molar-refractivity contribution in [2.45, 2.75) is 13.0 Å². The van der Waals surface area contributed by atoms with Crippen molar-refractivity contribution in [1.82, 2.24) is 20.3 Å². The van der Waals surface area contributed by atoms with Crippen molar-refractivity contribution in [2.75, 3.05) is 26.0 Å². The lowest BCUT2D eigenvalue weighted by Crippen LogP contribution is -2.55. The molecule has 23 heavy (non-hydrogen) atoms. The first-order valence-electron chi connectivity index (χ1n) is 6.61. The number of pyridine rings is 1. The fourth-order valence-corrected chi connectivity index (χ4v) is 1.85. The number of carboxylic acid groups (broad SMARTS) is 1. The Bertz CT molecular complexity index is 578. The second-order valence-electron chi connectivity index (χ2n) is 5.02. The molecule has 0 fully saturated rings. The number of hydrogen-bond acceptors (Lipinski definition) is 5. The summed E-state index contributed by atoms with van der Waals surface area (Å²) in [6, 6.07) is 2.36. The predicted octanol–water partition coefficient (Wildman–Crippen LogP) is 0.635. The standard InChI is InChI=1S/C13H18ClN5O4/c1-8(7-18(2)3)19(13(22)23)17-12(21)11(20)16-10-5-4-9(14)6-15-10/h4-6,8H,7H2,1-3H3,(H,17,21)(H,22,23)(H,15,16,20). The first-order valence-corrected chi connectivity index (χ1v) is 6.99. The number of anilines is 1. The highest BCUT2D eigenvalue weighted by Crippen LogP contribution is 2.09. The van der Waals surface area contributed by atoms with Crippen molar-refractivity contribution in [3.8, 4) is 0 Å². The molecule has 1 atom stereocenters. The minimum Gasteiger partial charge on any atom is -0.464 e. The van der Waals surface area contributed by atoms with E-state index in [-0.39, 0.29) is 5.82 Å². The van der Waals surface area contributed by atoms with Crippen molar-refractivity contribution >= 4 is 35.3 Å². The van der Waals surface area contributed by atoms with Crippen LogP contribution in [0.3, 0.4) is 0 Å². The van der Waals surface area contributed by atoms with Gasteiger partial charge in [0.05, 0.1) is 11.1 Å². The zero-order valence-electron chi connectivity index (χ0n) is 12.9. The predicted molar refractivity (Wildman–Crippen MR) is 83.9 cm³/mol. The minimum atomic E-state index is -1.37. The minimum absolute atomic E-state index is 0.123. The average Bonchev–Trinajstić information content (AvgIpc) is 2.45. The van der Waals surface area contributed by atoms with Gasteiger partial charge in [0.2, 0.25) is 0 Å². The van der Waals surface area contributed by atoms with Crippen molar-refractivity contribution in [3.63, 3.8) is 0 Å². The number of nitrogens with zero attached hydrogens (tertiary/aromatic N) is 3. The Labute approximate surface area is 138 Å². The molecule has 0 aliphatic carbocycles. The number of halogens is 1. The molecule has 0 spiro atoms. The second kappa shape index (κ2) is 8.30. The Morgan fingerprint density at radius 1 is 1.30 bits per heavy atom. The van der Waals surface area contributed by atoms with Gasteiger partial charge in [0.25, 0.3) is 0 Å². The van der Waals surface area contributed by atoms with Gasteiger partial charge in [0, 0.05) is 12.7 Å². The summed E-state index contributed by atoms with van der Waals surface area (Å²) in [5.74, 6) is -2.03. The molecule has 1 unspecified atom stereocenters. The number of likely N-dealkylation sites (N-methyl/N-ethyl adjacent to an activating group) is 1. The zero-order valence-corrected chi connectivity index (χ0v) is 13.7. The average molecular weight is 344 g/mol. The molecule has 0 saturated carbocycles. The Morgan fingerprint density at radius 2 is 1.96 bits per heavy atom. The van der Waals surface area contributed by atoms with Crippen LogP contribution in [0.2, 0.25) is 5.02 Å². The molecule has 0 aliphatic rings. The van der Waals surface area contributed by atoms with Crippen LogP contribution in [0.15, 0.2) is 18.3 Å². The van der Waals surface area contributed by atoms with Crippen LogP contribution < -0.4 is 10.7 Å². The summed E-state index contributed by atoms with van der Waals surface area (Å²) in [5, 5.41) is 12.4. The van der Waals surface area contributed by atoms with Crippen molar-refractivity contribution in [2.24, 2.45) is 0 Å². The zero-order chi connectivity index (χ0) is 17.6. The Balaban J connectivity index is 2.68. The van der Waals surface area contributed by atoms with E-state index in [0.717, 1.165) is 0 Å². The van der Waals surface area contributed by atoms with E-state index in [1.165, 1.54) is 18.3 Å². The summed E-state index contributed by atoms with van der Waals surface area (Å²) in [4.78, 5) is 40.4. The number of carbonyl (C=O) groups excluding carboxylic acids is 2. The molecule has 126 valence electrons. The van der Waals surface area contributed by atoms with E-state index >= 15 is 0 Å². The van der Waals surface area contributed by atoms with Crippen LogP contribution in [0, 0.1) is 0 Å². The van der Waals surface area contributed by atoms with Gasteiger partial charge in [-0.3, -0.25) is 15.0 Å². The van der Waals surface area contributed by atoms with E-state index in [1.54, 1.807) is 25.9 Å². The van der Waals surface area contributed by atoms with Gasteiger partial charge in [0.1, 0.15) is 5.82 Å². The highest BCUT2D eigenvalue weighted by molar-refractivity contribution is 6.39. The van der Waals surface area contributed by atoms with Gasteiger partial charge in [-0.15, -0.1) is 0 Å². The molecule has 1 rings (SSSR count). The van der Waals surface area contributed by atoms with Crippen molar-refractivity contribution in [1.29, 1.82) is 0 Å². The third-order valence-electron chi connectivity index (χ3n) is 2.67. The van der Waals surface area contributed by atoms with Gasteiger partial charge in [-0.25, -0.2) is 14.8 Å². The van der Waals surface area contributed by atoms with E-state index < -0.39 is 23.9 Å². The Kier molecular flexibility index (Phi) is 6.73. The van der Waals surface area contributed by atoms with E-state index in [4.69, 9.17) is 16.7 Å². The van der Waals surface area contributed by atoms with Crippen LogP contribution >= 0.6 is 11.6 Å². The normalized spacial score (nSPS) is 11.7. The molecule has 1 aromatic heterocycles. The van der Waals surface area contributed by atoms with Crippen LogP contribution in [0.5, 0.6) is 0 Å². The van der Waals surface area contributed by atoms with Crippen molar-refractivity contribution < 1.29 is 19.5 Å². The maximum atomic E-state index is 11.8. The van der Waals surface area contributed by atoms with E-state index in [1.807, 2.05) is 0 Å². The van der Waals surface area contributed by atoms with Gasteiger partial charge in [-0.05, 0) is 33.2 Å². The summed E-state index contributed by atoms with van der Waals surface area (Å²) in [7, 11) is 3.52. The van der Waals surface area contributed by atoms with Crippen LogP contribution in [0.25, 0.3) is 0 Å². The van der Waals surface area contributed by atoms with Crippen LogP contribution in [-0.4, -0.2) is 64.6 Å². The molecule has 0 bridgehead atoms. The lowest BCUT2D eigenvalue weighted by atomic mass is 10.3. The fraction of sp³-hybridized carbons (Fsp3) is 0.385. The molecule has 0 aliphatic heterocycles. The van der Waals surface area contributed by atoms with E-state index in [0.29, 0.717) is 16.6 Å². The topological polar surface area (TPSA) is 115 Å². The molecule has 3 N–H and O–H groups in total. The SMILES string of the molecule is CC(CN(C)C)N(NC(=O)C(=O)Nc1ccc(Cl)cn1)C(=O)O. The van der Waals surface area contributed by atoms with Gasteiger partial charge in [-0.2, -0.15) is 0 Å². The first kappa shape index (κ1) is 18.7. The maximum absolute atomic E-state index is 11.8. The summed E-state index contributed by atoms with van der Waals surface area (Å²) in [6.45, 7) is 1.97. The number of nitrogens with one attached hydrogen (secondary N) is 2. The summed E-state index contributed by atoms with van der Waals surface area (Å²) in [5.41, 5.74) is 2.06. The monoisotopic (exact) mass is 343 g/mol. The quantitative estimate of drug-likeness (QED) is 0.546. The lowest BCUT2D eigenvalue weighted by molar-refractivity contribution is -0.139. The third-order valence-corrected chi connectivity index (χ3v) is 2.90. The van der Waals surface area contributed by atoms with Crippen LogP contribution in [0.1, 0.15) is 6.92 Å². The van der Waals surface area contributed by atoms with Gasteiger partial charge >= 0.3 is 17.9 Å². The molecule has 9 nitrogen and oxygen atoms in total. The van der Waals surface area contributed by atoms with Crippen LogP contribution in [0.4, 0.5) is 10.6 Å². The Morgan fingerprint density at radius 3 is 2.43 bits per heavy atom. The number of hydrazine groups is 1. The molecular weight excluding hydrogens is 326 g/mol. The highest BCUT2D eigenvalue weighted by atomic mass is 35.5. The summed E-state index contributed by atoms with van der Waals surface area (Å²) in [6.07, 6.45) is -0.0669. The third kappa shape index (κ3) is 6.09. The number of hydrogen-bond donors (Lipinski definition) is 3. The molecular formula is C13H18ClN5O4. The summed E-state index contributed by atoms with van der Waals surface area (Å²) < 4.78 is 0. The summed E-state index contributed by atoms with van der Waals surface area (Å²) >= 11 is 5.66. The number of aromatic nitrogens is 1.